The molecule has 0 spiro atoms. The van der Waals surface area contributed by atoms with E-state index in [1.165, 1.54) is 6.07 Å². The highest BCUT2D eigenvalue weighted by Gasteiger charge is 2.20. The van der Waals surface area contributed by atoms with E-state index in [0.29, 0.717) is 12.1 Å². The topological polar surface area (TPSA) is 92.4 Å². The Morgan fingerprint density at radius 2 is 2.00 bits per heavy atom. The van der Waals surface area contributed by atoms with Crippen molar-refractivity contribution in [2.45, 2.75) is 37.2 Å². The van der Waals surface area contributed by atoms with Gasteiger partial charge in [-0.25, -0.2) is 13.6 Å². The van der Waals surface area contributed by atoms with E-state index in [1.54, 1.807) is 25.1 Å². The predicted octanol–water partition coefficient (Wildman–Crippen LogP) is 1.30. The van der Waals surface area contributed by atoms with Gasteiger partial charge in [0.25, 0.3) is 0 Å². The summed E-state index contributed by atoms with van der Waals surface area (Å²) >= 11 is 0. The van der Waals surface area contributed by atoms with Crippen LogP contribution in [-0.4, -0.2) is 25.7 Å². The molecule has 0 aromatic heterocycles. The van der Waals surface area contributed by atoms with Crippen LogP contribution in [-0.2, 0) is 10.0 Å². The van der Waals surface area contributed by atoms with Gasteiger partial charge in [0.1, 0.15) is 4.90 Å². The maximum atomic E-state index is 11.4. The minimum atomic E-state index is -3.76. The summed E-state index contributed by atoms with van der Waals surface area (Å²) in [5.41, 5.74) is -0.461. The number of nitrogens with one attached hydrogen (secondary N) is 1. The molecule has 0 aliphatic rings. The van der Waals surface area contributed by atoms with Crippen molar-refractivity contribution in [2.75, 3.05) is 11.9 Å². The molecule has 0 fully saturated rings. The summed E-state index contributed by atoms with van der Waals surface area (Å²) in [5.74, 6) is 0. The molecule has 1 atom stereocenters. The molecule has 4 N–H and O–H groups in total. The van der Waals surface area contributed by atoms with Crippen LogP contribution in [0.2, 0.25) is 0 Å². The van der Waals surface area contributed by atoms with E-state index >= 15 is 0 Å². The number of primary sulfonamides is 1. The Balaban J connectivity index is 2.86. The molecule has 0 heterocycles. The molecule has 1 aromatic rings. The second-order valence-electron chi connectivity index (χ2n) is 4.64. The molecular weight excluding hydrogens is 252 g/mol. The number of para-hydroxylation sites is 1. The summed E-state index contributed by atoms with van der Waals surface area (Å²) in [6.45, 7) is 3.96. The van der Waals surface area contributed by atoms with Crippen molar-refractivity contribution in [3.8, 4) is 0 Å². The van der Waals surface area contributed by atoms with E-state index in [2.05, 4.69) is 5.32 Å². The van der Waals surface area contributed by atoms with Crippen LogP contribution in [0.15, 0.2) is 29.2 Å². The number of benzene rings is 1. The highest BCUT2D eigenvalue weighted by molar-refractivity contribution is 7.89. The van der Waals surface area contributed by atoms with E-state index < -0.39 is 15.6 Å². The summed E-state index contributed by atoms with van der Waals surface area (Å²) in [5, 5.41) is 18.1. The number of rotatable bonds is 6. The Labute approximate surface area is 108 Å². The first-order chi connectivity index (χ1) is 8.26. The Morgan fingerprint density at radius 3 is 2.56 bits per heavy atom. The van der Waals surface area contributed by atoms with Crippen LogP contribution < -0.4 is 10.5 Å². The minimum absolute atomic E-state index is 0.0392. The lowest BCUT2D eigenvalue weighted by molar-refractivity contribution is 0.0636. The summed E-state index contributed by atoms with van der Waals surface area (Å²) in [6.07, 6.45) is 1.49. The fraction of sp³-hybridized carbons (Fsp3) is 0.500. The Kier molecular flexibility index (Phi) is 4.72. The second-order valence-corrected chi connectivity index (χ2v) is 6.17. The van der Waals surface area contributed by atoms with E-state index in [-0.39, 0.29) is 11.4 Å². The van der Waals surface area contributed by atoms with Crippen molar-refractivity contribution in [2.24, 2.45) is 5.14 Å². The first kappa shape index (κ1) is 14.9. The molecule has 0 saturated carbocycles. The average molecular weight is 272 g/mol. The maximum absolute atomic E-state index is 11.4. The van der Waals surface area contributed by atoms with Gasteiger partial charge in [0.2, 0.25) is 10.0 Å². The maximum Gasteiger partial charge on any atom is 0.240 e. The van der Waals surface area contributed by atoms with Gasteiger partial charge in [-0.05, 0) is 25.5 Å². The molecule has 1 rings (SSSR count). The molecule has 1 aromatic carbocycles. The van der Waals surface area contributed by atoms with Crippen molar-refractivity contribution in [1.82, 2.24) is 0 Å². The quantitative estimate of drug-likeness (QED) is 0.727. The molecule has 0 saturated heterocycles. The molecule has 0 amide bonds. The van der Waals surface area contributed by atoms with E-state index in [9.17, 15) is 13.5 Å². The van der Waals surface area contributed by atoms with Crippen molar-refractivity contribution < 1.29 is 13.5 Å². The lowest BCUT2D eigenvalue weighted by Gasteiger charge is -2.24. The number of nitrogens with two attached hydrogens (primary N) is 1. The normalized spacial score (nSPS) is 15.1. The Morgan fingerprint density at radius 1 is 1.39 bits per heavy atom. The third-order valence-corrected chi connectivity index (χ3v) is 3.61. The lowest BCUT2D eigenvalue weighted by Crippen LogP contribution is -2.33. The summed E-state index contributed by atoms with van der Waals surface area (Å²) < 4.78 is 22.8. The third-order valence-electron chi connectivity index (χ3n) is 2.64. The van der Waals surface area contributed by atoms with Gasteiger partial charge in [-0.3, -0.25) is 0 Å². The first-order valence-corrected chi connectivity index (χ1v) is 7.39. The van der Waals surface area contributed by atoms with Crippen LogP contribution in [0.25, 0.3) is 0 Å². The monoisotopic (exact) mass is 272 g/mol. The van der Waals surface area contributed by atoms with Crippen molar-refractivity contribution in [3.05, 3.63) is 24.3 Å². The molecular formula is C12H20N2O3S. The van der Waals surface area contributed by atoms with Gasteiger partial charge in [-0.15, -0.1) is 0 Å². The van der Waals surface area contributed by atoms with Gasteiger partial charge in [0.15, 0.2) is 0 Å². The van der Waals surface area contributed by atoms with E-state index in [0.717, 1.165) is 6.42 Å². The van der Waals surface area contributed by atoms with E-state index in [4.69, 9.17) is 5.14 Å². The average Bonchev–Trinajstić information content (AvgIpc) is 2.26. The Hall–Kier alpha value is -1.11. The third kappa shape index (κ3) is 4.29. The summed E-state index contributed by atoms with van der Waals surface area (Å²) in [6, 6.07) is 6.38. The van der Waals surface area contributed by atoms with Gasteiger partial charge in [0.05, 0.1) is 11.3 Å². The second kappa shape index (κ2) is 5.69. The van der Waals surface area contributed by atoms with Crippen molar-refractivity contribution in [3.63, 3.8) is 0 Å². The van der Waals surface area contributed by atoms with Gasteiger partial charge in [-0.1, -0.05) is 25.5 Å². The van der Waals surface area contributed by atoms with Crippen LogP contribution in [0, 0.1) is 0 Å². The number of sulfonamides is 1. The van der Waals surface area contributed by atoms with Crippen LogP contribution in [0.5, 0.6) is 0 Å². The number of hydrogen-bond donors (Lipinski definition) is 3. The first-order valence-electron chi connectivity index (χ1n) is 5.84. The van der Waals surface area contributed by atoms with Crippen LogP contribution in [0.1, 0.15) is 26.7 Å². The van der Waals surface area contributed by atoms with Gasteiger partial charge in [-0.2, -0.15) is 0 Å². The van der Waals surface area contributed by atoms with Crippen LogP contribution >= 0.6 is 0 Å². The minimum Gasteiger partial charge on any atom is -0.388 e. The largest absolute Gasteiger partial charge is 0.388 e. The highest BCUT2D eigenvalue weighted by Crippen LogP contribution is 2.21. The molecule has 0 aliphatic heterocycles. The number of anilines is 1. The summed E-state index contributed by atoms with van der Waals surface area (Å²) in [4.78, 5) is 0.0392. The Bertz CT molecular complexity index is 498. The van der Waals surface area contributed by atoms with Crippen LogP contribution in [0.4, 0.5) is 5.69 Å². The van der Waals surface area contributed by atoms with Crippen molar-refractivity contribution in [1.29, 1.82) is 0 Å². The van der Waals surface area contributed by atoms with Gasteiger partial charge < -0.3 is 10.4 Å². The molecule has 6 heteroatoms. The summed E-state index contributed by atoms with van der Waals surface area (Å²) in [7, 11) is -3.76. The molecule has 102 valence electrons. The molecule has 0 aliphatic carbocycles. The number of hydrogen-bond acceptors (Lipinski definition) is 4. The SMILES string of the molecule is CCCC(C)(O)CNc1ccccc1S(N)(=O)=O. The predicted molar refractivity (Wildman–Crippen MR) is 71.8 cm³/mol. The fourth-order valence-corrected chi connectivity index (χ4v) is 2.49. The molecule has 18 heavy (non-hydrogen) atoms. The van der Waals surface area contributed by atoms with Crippen molar-refractivity contribution >= 4 is 15.7 Å². The highest BCUT2D eigenvalue weighted by atomic mass is 32.2. The number of aliphatic hydroxyl groups is 1. The zero-order valence-corrected chi connectivity index (χ0v) is 11.5. The van der Waals surface area contributed by atoms with Crippen LogP contribution in [0.3, 0.4) is 0 Å². The molecule has 1 unspecified atom stereocenters. The zero-order chi connectivity index (χ0) is 13.8. The fourth-order valence-electron chi connectivity index (χ4n) is 1.77. The molecule has 5 nitrogen and oxygen atoms in total. The molecule has 0 bridgehead atoms. The molecule has 0 radical (unpaired) electrons. The van der Waals surface area contributed by atoms with Gasteiger partial charge >= 0.3 is 0 Å². The lowest BCUT2D eigenvalue weighted by atomic mass is 10.0. The van der Waals surface area contributed by atoms with E-state index in [1.807, 2.05) is 6.92 Å². The standard InChI is InChI=1S/C12H20N2O3S/c1-3-8-12(2,15)9-14-10-6-4-5-7-11(10)18(13,16)17/h4-7,14-15H,3,8-9H2,1-2H3,(H2,13,16,17). The zero-order valence-electron chi connectivity index (χ0n) is 10.7. The van der Waals surface area contributed by atoms with Gasteiger partial charge in [0, 0.05) is 6.54 Å². The smallest absolute Gasteiger partial charge is 0.240 e.